The molecule has 2 unspecified atom stereocenters. The normalized spacial score (nSPS) is 32.6. The number of allylic oxidation sites excluding steroid dienone is 1. The number of ether oxygens (including phenoxy) is 1. The van der Waals surface area contributed by atoms with Crippen molar-refractivity contribution in [3.8, 4) is 0 Å². The van der Waals surface area contributed by atoms with E-state index in [-0.39, 0.29) is 11.9 Å². The fourth-order valence-corrected chi connectivity index (χ4v) is 10.4. The van der Waals surface area contributed by atoms with Crippen molar-refractivity contribution in [2.75, 3.05) is 11.9 Å². The predicted molar refractivity (Wildman–Crippen MR) is 183 cm³/mol. The van der Waals surface area contributed by atoms with E-state index >= 15 is 0 Å². The SMILES string of the molecule is CC(C)CCC[C@@H](C)[C@H]1CC[C@H]2[C@@H]3CC=C4CC(OC(CNc5ccccc5)C(=O)c5ccccc5)CC[C@@H]4[C@H]3CC[C@]12C. The van der Waals surface area contributed by atoms with E-state index in [4.69, 9.17) is 4.74 Å². The van der Waals surface area contributed by atoms with E-state index in [1.165, 1.54) is 57.8 Å². The molecule has 3 heteroatoms. The summed E-state index contributed by atoms with van der Waals surface area (Å²) in [7, 11) is 0. The van der Waals surface area contributed by atoms with Gasteiger partial charge in [0.25, 0.3) is 0 Å². The van der Waals surface area contributed by atoms with Gasteiger partial charge in [0.1, 0.15) is 6.10 Å². The van der Waals surface area contributed by atoms with Crippen molar-refractivity contribution < 1.29 is 9.53 Å². The maximum atomic E-state index is 13.6. The minimum Gasteiger partial charge on any atom is -0.382 e. The topological polar surface area (TPSA) is 38.3 Å². The average Bonchev–Trinajstić information content (AvgIpc) is 3.40. The number of benzene rings is 2. The van der Waals surface area contributed by atoms with Gasteiger partial charge in [-0.1, -0.05) is 107 Å². The van der Waals surface area contributed by atoms with Crippen LogP contribution in [-0.4, -0.2) is 24.5 Å². The molecule has 44 heavy (non-hydrogen) atoms. The smallest absolute Gasteiger partial charge is 0.193 e. The number of hydrogen-bond donors (Lipinski definition) is 1. The summed E-state index contributed by atoms with van der Waals surface area (Å²) in [6, 6.07) is 19.8. The van der Waals surface area contributed by atoms with Gasteiger partial charge in [0.05, 0.1) is 6.10 Å². The number of anilines is 1. The van der Waals surface area contributed by atoms with Gasteiger partial charge >= 0.3 is 0 Å². The zero-order chi connectivity index (χ0) is 30.7. The van der Waals surface area contributed by atoms with Crippen LogP contribution in [-0.2, 0) is 4.74 Å². The number of ketones is 1. The quantitative estimate of drug-likeness (QED) is 0.196. The Labute approximate surface area is 267 Å². The molecule has 0 amide bonds. The van der Waals surface area contributed by atoms with E-state index in [2.05, 4.69) is 39.1 Å². The average molecular weight is 596 g/mol. The van der Waals surface area contributed by atoms with E-state index in [1.807, 2.05) is 60.7 Å². The Morgan fingerprint density at radius 1 is 0.909 bits per heavy atom. The van der Waals surface area contributed by atoms with Crippen molar-refractivity contribution in [2.45, 2.75) is 111 Å². The van der Waals surface area contributed by atoms with Crippen LogP contribution in [0.3, 0.4) is 0 Å². The van der Waals surface area contributed by atoms with Crippen LogP contribution in [0.5, 0.6) is 0 Å². The van der Waals surface area contributed by atoms with E-state index in [0.717, 1.165) is 65.5 Å². The van der Waals surface area contributed by atoms with E-state index in [0.29, 0.717) is 12.0 Å². The van der Waals surface area contributed by atoms with E-state index in [1.54, 1.807) is 5.57 Å². The lowest BCUT2D eigenvalue weighted by Gasteiger charge is -2.54. The summed E-state index contributed by atoms with van der Waals surface area (Å²) in [5.41, 5.74) is 3.94. The second kappa shape index (κ2) is 13.9. The maximum absolute atomic E-state index is 13.6. The fraction of sp³-hybridized carbons (Fsp3) is 0.634. The summed E-state index contributed by atoms with van der Waals surface area (Å²) in [6.07, 6.45) is 16.8. The van der Waals surface area contributed by atoms with Crippen molar-refractivity contribution in [1.82, 2.24) is 0 Å². The molecule has 0 spiro atoms. The molecular formula is C41H57NO2. The van der Waals surface area contributed by atoms with Crippen molar-refractivity contribution in [3.05, 3.63) is 77.9 Å². The molecule has 6 rings (SSSR count). The number of hydrogen-bond acceptors (Lipinski definition) is 3. The monoisotopic (exact) mass is 595 g/mol. The highest BCUT2D eigenvalue weighted by atomic mass is 16.5. The lowest BCUT2D eigenvalue weighted by molar-refractivity contribution is -0.0432. The molecule has 2 aromatic carbocycles. The maximum Gasteiger partial charge on any atom is 0.193 e. The van der Waals surface area contributed by atoms with Crippen LogP contribution in [0, 0.1) is 46.8 Å². The van der Waals surface area contributed by atoms with Gasteiger partial charge in [-0.25, -0.2) is 0 Å². The van der Waals surface area contributed by atoms with Crippen LogP contribution in [0.15, 0.2) is 72.3 Å². The van der Waals surface area contributed by atoms with Crippen molar-refractivity contribution in [3.63, 3.8) is 0 Å². The second-order valence-corrected chi connectivity index (χ2v) is 15.6. The number of fused-ring (bicyclic) bond motifs is 5. The molecule has 0 bridgehead atoms. The van der Waals surface area contributed by atoms with Crippen LogP contribution < -0.4 is 5.32 Å². The first-order valence-corrected chi connectivity index (χ1v) is 18.1. The molecule has 9 atom stereocenters. The van der Waals surface area contributed by atoms with Gasteiger partial charge in [-0.3, -0.25) is 4.79 Å². The third kappa shape index (κ3) is 6.74. The minimum absolute atomic E-state index is 0.0784. The largest absolute Gasteiger partial charge is 0.382 e. The van der Waals surface area contributed by atoms with Gasteiger partial charge in [-0.2, -0.15) is 0 Å². The summed E-state index contributed by atoms with van der Waals surface area (Å²) in [5.74, 6) is 6.04. The number of carbonyl (C=O) groups excluding carboxylic acids is 1. The van der Waals surface area contributed by atoms with E-state index in [9.17, 15) is 4.79 Å². The van der Waals surface area contributed by atoms with Gasteiger partial charge in [0.15, 0.2) is 5.78 Å². The number of para-hydroxylation sites is 1. The van der Waals surface area contributed by atoms with Crippen LogP contribution in [0.4, 0.5) is 5.69 Å². The molecule has 1 N–H and O–H groups in total. The standard InChI is InChI=1S/C41H57NO2/c1-28(2)12-11-13-29(3)37-22-23-38-36-20-18-31-26-33(19-21-34(31)35(36)24-25-41(37,38)4)44-39(27-42-32-16-9-6-10-17-32)40(43)30-14-7-5-8-15-30/h5-10,14-18,28-29,33-39,42H,11-13,19-27H2,1-4H3/t29-,33?,34+,35-,36-,37-,38+,39?,41-/m1/s1. The Balaban J connectivity index is 1.10. The fourth-order valence-electron chi connectivity index (χ4n) is 10.4. The van der Waals surface area contributed by atoms with Crippen LogP contribution in [0.25, 0.3) is 0 Å². The third-order valence-corrected chi connectivity index (χ3v) is 12.6. The van der Waals surface area contributed by atoms with Crippen molar-refractivity contribution in [2.24, 2.45) is 46.8 Å². The summed E-state index contributed by atoms with van der Waals surface area (Å²) in [5, 5.41) is 3.47. The Kier molecular flexibility index (Phi) is 10.0. The van der Waals surface area contributed by atoms with Crippen LogP contribution >= 0.6 is 0 Å². The summed E-state index contributed by atoms with van der Waals surface area (Å²) >= 11 is 0. The first-order chi connectivity index (χ1) is 21.3. The van der Waals surface area contributed by atoms with E-state index < -0.39 is 6.10 Å². The number of Topliss-reactive ketones (excluding diaryl/α,β-unsaturated/α-hetero) is 1. The van der Waals surface area contributed by atoms with Gasteiger partial charge in [-0.15, -0.1) is 0 Å². The lowest BCUT2D eigenvalue weighted by atomic mass is 9.51. The Hall–Kier alpha value is -2.39. The van der Waals surface area contributed by atoms with Gasteiger partial charge in [0, 0.05) is 17.8 Å². The Morgan fingerprint density at radius 2 is 1.66 bits per heavy atom. The minimum atomic E-state index is -0.496. The van der Waals surface area contributed by atoms with Gasteiger partial charge < -0.3 is 10.1 Å². The summed E-state index contributed by atoms with van der Waals surface area (Å²) < 4.78 is 6.73. The molecule has 0 radical (unpaired) electrons. The molecule has 0 heterocycles. The zero-order valence-corrected chi connectivity index (χ0v) is 27.8. The van der Waals surface area contributed by atoms with Crippen LogP contribution in [0.2, 0.25) is 0 Å². The second-order valence-electron chi connectivity index (χ2n) is 15.6. The van der Waals surface area contributed by atoms with Crippen LogP contribution in [0.1, 0.15) is 109 Å². The van der Waals surface area contributed by atoms with Crippen molar-refractivity contribution in [1.29, 1.82) is 0 Å². The lowest BCUT2D eigenvalue weighted by Crippen LogP contribution is -2.47. The Bertz CT molecular complexity index is 1250. The molecule has 4 aliphatic rings. The highest BCUT2D eigenvalue weighted by Crippen LogP contribution is 2.64. The molecular weight excluding hydrogens is 538 g/mol. The van der Waals surface area contributed by atoms with Crippen molar-refractivity contribution >= 4 is 11.5 Å². The first-order valence-electron chi connectivity index (χ1n) is 18.1. The third-order valence-electron chi connectivity index (χ3n) is 12.6. The summed E-state index contributed by atoms with van der Waals surface area (Å²) in [6.45, 7) is 10.5. The number of rotatable bonds is 12. The summed E-state index contributed by atoms with van der Waals surface area (Å²) in [4.78, 5) is 13.6. The molecule has 3 saturated carbocycles. The zero-order valence-electron chi connectivity index (χ0n) is 27.8. The molecule has 2 aromatic rings. The highest BCUT2D eigenvalue weighted by Gasteiger charge is 2.56. The molecule has 238 valence electrons. The van der Waals surface area contributed by atoms with Gasteiger partial charge in [0.2, 0.25) is 0 Å². The highest BCUT2D eigenvalue weighted by molar-refractivity contribution is 5.99. The number of nitrogens with one attached hydrogen (secondary N) is 1. The van der Waals surface area contributed by atoms with Gasteiger partial charge in [-0.05, 0) is 110 Å². The molecule has 0 saturated heterocycles. The molecule has 0 aliphatic heterocycles. The predicted octanol–water partition coefficient (Wildman–Crippen LogP) is 10.4. The molecule has 3 nitrogen and oxygen atoms in total. The molecule has 0 aromatic heterocycles. The number of carbonyl (C=O) groups is 1. The molecule has 4 aliphatic carbocycles. The molecule has 3 fully saturated rings. The first kappa shape index (κ1) is 31.6. The Morgan fingerprint density at radius 3 is 2.41 bits per heavy atom.